The van der Waals surface area contributed by atoms with E-state index in [1.165, 1.54) is 0 Å². The summed E-state index contributed by atoms with van der Waals surface area (Å²) in [5.41, 5.74) is 2.92. The molecule has 0 saturated heterocycles. The molecule has 0 bridgehead atoms. The predicted molar refractivity (Wildman–Crippen MR) is 67.1 cm³/mol. The summed E-state index contributed by atoms with van der Waals surface area (Å²) in [6.45, 7) is 8.24. The smallest absolute Gasteiger partial charge is 0.259 e. The normalized spacial score (nSPS) is 12.0. The number of aromatic nitrogens is 1. The molecule has 84 valence electrons. The first-order chi connectivity index (χ1) is 7.41. The minimum atomic E-state index is -0.113. The van der Waals surface area contributed by atoms with Crippen LogP contribution >= 0.6 is 0 Å². The molecule has 0 amide bonds. The Balaban J connectivity index is 2.92. The van der Waals surface area contributed by atoms with Crippen LogP contribution in [0.1, 0.15) is 31.9 Å². The molecule has 0 aliphatic carbocycles. The van der Waals surface area contributed by atoms with E-state index in [-0.39, 0.29) is 11.0 Å². The van der Waals surface area contributed by atoms with Gasteiger partial charge in [0, 0.05) is 17.3 Å². The lowest BCUT2D eigenvalue weighted by atomic mass is 9.85. The van der Waals surface area contributed by atoms with Crippen molar-refractivity contribution in [3.05, 3.63) is 51.9 Å². The van der Waals surface area contributed by atoms with E-state index < -0.39 is 0 Å². The second kappa shape index (κ2) is 3.48. The highest BCUT2D eigenvalue weighted by atomic mass is 16.1. The SMILES string of the molecule is Cc1cc2ccccn2c(=O)c1C(C)(C)C. The standard InChI is InChI=1S/C14H17NO/c1-10-9-11-7-5-6-8-15(11)13(16)12(10)14(2,3)4/h5-9H,1-4H3. The average molecular weight is 215 g/mol. The highest BCUT2D eigenvalue weighted by Gasteiger charge is 2.21. The van der Waals surface area contributed by atoms with Gasteiger partial charge in [-0.05, 0) is 36.1 Å². The molecule has 16 heavy (non-hydrogen) atoms. The molecular formula is C14H17NO. The molecule has 0 saturated carbocycles. The number of aryl methyl sites for hydroxylation is 1. The zero-order valence-corrected chi connectivity index (χ0v) is 10.2. The van der Waals surface area contributed by atoms with Gasteiger partial charge in [-0.25, -0.2) is 0 Å². The molecule has 2 heteroatoms. The molecule has 0 radical (unpaired) electrons. The van der Waals surface area contributed by atoms with E-state index in [1.807, 2.05) is 31.3 Å². The molecular weight excluding hydrogens is 198 g/mol. The minimum Gasteiger partial charge on any atom is -0.284 e. The van der Waals surface area contributed by atoms with Gasteiger partial charge in [0.2, 0.25) is 0 Å². The Bertz CT molecular complexity index is 588. The van der Waals surface area contributed by atoms with E-state index in [9.17, 15) is 4.79 Å². The summed E-state index contributed by atoms with van der Waals surface area (Å²) in [5.74, 6) is 0. The topological polar surface area (TPSA) is 21.5 Å². The molecule has 0 unspecified atom stereocenters. The lowest BCUT2D eigenvalue weighted by Crippen LogP contribution is -2.28. The van der Waals surface area contributed by atoms with Gasteiger partial charge in [-0.1, -0.05) is 26.8 Å². The van der Waals surface area contributed by atoms with Gasteiger partial charge in [0.15, 0.2) is 0 Å². The summed E-state index contributed by atoms with van der Waals surface area (Å²) < 4.78 is 1.72. The number of rotatable bonds is 0. The van der Waals surface area contributed by atoms with E-state index >= 15 is 0 Å². The van der Waals surface area contributed by atoms with E-state index in [1.54, 1.807) is 4.40 Å². The van der Waals surface area contributed by atoms with Crippen LogP contribution in [0.25, 0.3) is 5.52 Å². The fourth-order valence-corrected chi connectivity index (χ4v) is 2.25. The molecule has 2 heterocycles. The van der Waals surface area contributed by atoms with Crippen LogP contribution < -0.4 is 5.56 Å². The van der Waals surface area contributed by atoms with Crippen LogP contribution in [0.2, 0.25) is 0 Å². The van der Waals surface area contributed by atoms with Crippen LogP contribution in [0.5, 0.6) is 0 Å². The number of hydrogen-bond acceptors (Lipinski definition) is 1. The molecule has 2 nitrogen and oxygen atoms in total. The van der Waals surface area contributed by atoms with Gasteiger partial charge in [-0.3, -0.25) is 9.20 Å². The second-order valence-electron chi connectivity index (χ2n) is 5.25. The number of hydrogen-bond donors (Lipinski definition) is 0. The highest BCUT2D eigenvalue weighted by molar-refractivity contribution is 5.51. The van der Waals surface area contributed by atoms with Crippen molar-refractivity contribution in [2.45, 2.75) is 33.1 Å². The summed E-state index contributed by atoms with van der Waals surface area (Å²) in [6, 6.07) is 7.87. The van der Waals surface area contributed by atoms with Gasteiger partial charge in [-0.15, -0.1) is 0 Å². The fourth-order valence-electron chi connectivity index (χ4n) is 2.25. The minimum absolute atomic E-state index is 0.100. The van der Waals surface area contributed by atoms with Crippen molar-refractivity contribution in [3.63, 3.8) is 0 Å². The van der Waals surface area contributed by atoms with Gasteiger partial charge in [-0.2, -0.15) is 0 Å². The molecule has 2 rings (SSSR count). The van der Waals surface area contributed by atoms with Gasteiger partial charge >= 0.3 is 0 Å². The summed E-state index contributed by atoms with van der Waals surface area (Å²) in [7, 11) is 0. The second-order valence-corrected chi connectivity index (χ2v) is 5.25. The monoisotopic (exact) mass is 215 g/mol. The van der Waals surface area contributed by atoms with E-state index in [0.29, 0.717) is 0 Å². The van der Waals surface area contributed by atoms with Crippen molar-refractivity contribution in [1.29, 1.82) is 0 Å². The van der Waals surface area contributed by atoms with Gasteiger partial charge in [0.25, 0.3) is 5.56 Å². The first-order valence-electron chi connectivity index (χ1n) is 5.53. The largest absolute Gasteiger partial charge is 0.284 e. The quantitative estimate of drug-likeness (QED) is 0.662. The third-order valence-electron chi connectivity index (χ3n) is 2.83. The molecule has 0 aliphatic rings. The lowest BCUT2D eigenvalue weighted by molar-refractivity contribution is 0.575. The predicted octanol–water partition coefficient (Wildman–Crippen LogP) is 2.91. The Morgan fingerprint density at radius 1 is 1.19 bits per heavy atom. The van der Waals surface area contributed by atoms with Crippen molar-refractivity contribution in [2.24, 2.45) is 0 Å². The maximum absolute atomic E-state index is 12.4. The molecule has 2 aromatic rings. The lowest BCUT2D eigenvalue weighted by Gasteiger charge is -2.21. The maximum Gasteiger partial charge on any atom is 0.259 e. The Hall–Kier alpha value is -1.57. The highest BCUT2D eigenvalue weighted by Crippen LogP contribution is 2.22. The molecule has 0 aliphatic heterocycles. The van der Waals surface area contributed by atoms with Gasteiger partial charge < -0.3 is 0 Å². The third-order valence-corrected chi connectivity index (χ3v) is 2.83. The van der Waals surface area contributed by atoms with E-state index in [0.717, 1.165) is 16.6 Å². The van der Waals surface area contributed by atoms with Crippen molar-refractivity contribution in [2.75, 3.05) is 0 Å². The molecule has 0 N–H and O–H groups in total. The Morgan fingerprint density at radius 3 is 2.50 bits per heavy atom. The molecule has 2 aromatic heterocycles. The van der Waals surface area contributed by atoms with Crippen LogP contribution in [0.3, 0.4) is 0 Å². The number of fused-ring (bicyclic) bond motifs is 1. The van der Waals surface area contributed by atoms with Crippen molar-refractivity contribution in [3.8, 4) is 0 Å². The molecule has 0 fully saturated rings. The zero-order valence-electron chi connectivity index (χ0n) is 10.2. The summed E-state index contributed by atoms with van der Waals surface area (Å²) in [5, 5.41) is 0. The average Bonchev–Trinajstić information content (AvgIpc) is 2.15. The van der Waals surface area contributed by atoms with Crippen LogP contribution in [-0.2, 0) is 5.41 Å². The summed E-state index contributed by atoms with van der Waals surface area (Å²) in [6.07, 6.45) is 1.83. The van der Waals surface area contributed by atoms with Crippen molar-refractivity contribution in [1.82, 2.24) is 4.40 Å². The van der Waals surface area contributed by atoms with Gasteiger partial charge in [0.05, 0.1) is 0 Å². The van der Waals surface area contributed by atoms with Crippen molar-refractivity contribution >= 4 is 5.52 Å². The maximum atomic E-state index is 12.4. The van der Waals surface area contributed by atoms with Crippen molar-refractivity contribution < 1.29 is 0 Å². The third kappa shape index (κ3) is 1.64. The van der Waals surface area contributed by atoms with Crippen LogP contribution in [0.15, 0.2) is 35.3 Å². The van der Waals surface area contributed by atoms with Crippen LogP contribution in [0.4, 0.5) is 0 Å². The summed E-state index contributed by atoms with van der Waals surface area (Å²) >= 11 is 0. The van der Waals surface area contributed by atoms with Crippen LogP contribution in [-0.4, -0.2) is 4.40 Å². The number of pyridine rings is 2. The Kier molecular flexibility index (Phi) is 2.38. The van der Waals surface area contributed by atoms with E-state index in [2.05, 4.69) is 26.8 Å². The van der Waals surface area contributed by atoms with E-state index in [4.69, 9.17) is 0 Å². The molecule has 0 atom stereocenters. The number of nitrogens with zero attached hydrogens (tertiary/aromatic N) is 1. The fraction of sp³-hybridized carbons (Fsp3) is 0.357. The first kappa shape index (κ1) is 10.9. The summed E-state index contributed by atoms with van der Waals surface area (Å²) in [4.78, 5) is 12.4. The molecule has 0 aromatic carbocycles. The Labute approximate surface area is 95.5 Å². The zero-order chi connectivity index (χ0) is 11.9. The molecule has 0 spiro atoms. The Morgan fingerprint density at radius 2 is 1.88 bits per heavy atom. The van der Waals surface area contributed by atoms with Crippen LogP contribution in [0, 0.1) is 6.92 Å². The first-order valence-corrected chi connectivity index (χ1v) is 5.53. The van der Waals surface area contributed by atoms with Gasteiger partial charge in [0.1, 0.15) is 0 Å².